The number of hydrogen-bond donors (Lipinski definition) is 0. The SMILES string of the molecule is CCS(=O)(=O)[C@@H]1[C@H](c2cccc(Cl)c2)[C@@]1(C#N)C=O. The van der Waals surface area contributed by atoms with E-state index in [2.05, 4.69) is 0 Å². The molecule has 1 fully saturated rings. The van der Waals surface area contributed by atoms with E-state index in [4.69, 9.17) is 11.6 Å². The molecule has 1 aliphatic rings. The molecule has 0 unspecified atom stereocenters. The van der Waals surface area contributed by atoms with Crippen LogP contribution < -0.4 is 0 Å². The molecule has 0 radical (unpaired) electrons. The van der Waals surface area contributed by atoms with Gasteiger partial charge < -0.3 is 4.79 Å². The van der Waals surface area contributed by atoms with Crippen LogP contribution in [0.2, 0.25) is 5.02 Å². The Morgan fingerprint density at radius 3 is 2.68 bits per heavy atom. The smallest absolute Gasteiger partial charge is 0.155 e. The van der Waals surface area contributed by atoms with Gasteiger partial charge in [0.1, 0.15) is 11.7 Å². The van der Waals surface area contributed by atoms with Crippen LogP contribution in [-0.2, 0) is 14.6 Å². The van der Waals surface area contributed by atoms with Crippen LogP contribution in [0.4, 0.5) is 0 Å². The maximum Gasteiger partial charge on any atom is 0.155 e. The van der Waals surface area contributed by atoms with E-state index in [1.807, 2.05) is 6.07 Å². The van der Waals surface area contributed by atoms with Crippen molar-refractivity contribution in [2.24, 2.45) is 5.41 Å². The van der Waals surface area contributed by atoms with E-state index in [-0.39, 0.29) is 5.75 Å². The minimum absolute atomic E-state index is 0.0913. The van der Waals surface area contributed by atoms with Crippen molar-refractivity contribution >= 4 is 27.7 Å². The molecule has 6 heteroatoms. The highest BCUT2D eigenvalue weighted by Gasteiger charge is 2.72. The third-order valence-electron chi connectivity index (χ3n) is 3.56. The molecule has 1 aromatic rings. The van der Waals surface area contributed by atoms with Gasteiger partial charge in [0, 0.05) is 16.7 Å². The number of halogens is 1. The van der Waals surface area contributed by atoms with E-state index in [0.29, 0.717) is 16.9 Å². The minimum atomic E-state index is -3.46. The van der Waals surface area contributed by atoms with Gasteiger partial charge in [-0.05, 0) is 17.7 Å². The van der Waals surface area contributed by atoms with E-state index in [0.717, 1.165) is 0 Å². The van der Waals surface area contributed by atoms with Gasteiger partial charge in [-0.15, -0.1) is 0 Å². The summed E-state index contributed by atoms with van der Waals surface area (Å²) in [7, 11) is -3.46. The van der Waals surface area contributed by atoms with Crippen molar-refractivity contribution in [3.05, 3.63) is 34.9 Å². The summed E-state index contributed by atoms with van der Waals surface area (Å²) in [4.78, 5) is 11.2. The molecule has 0 N–H and O–H groups in total. The number of sulfone groups is 1. The molecule has 1 saturated carbocycles. The molecule has 0 amide bonds. The first-order valence-electron chi connectivity index (χ1n) is 5.77. The Kier molecular flexibility index (Phi) is 3.41. The van der Waals surface area contributed by atoms with E-state index in [1.54, 1.807) is 24.3 Å². The fourth-order valence-electron chi connectivity index (χ4n) is 2.51. The van der Waals surface area contributed by atoms with Gasteiger partial charge in [0.25, 0.3) is 0 Å². The fraction of sp³-hybridized carbons (Fsp3) is 0.385. The van der Waals surface area contributed by atoms with Crippen LogP contribution in [-0.4, -0.2) is 25.7 Å². The van der Waals surface area contributed by atoms with Crippen LogP contribution in [0.25, 0.3) is 0 Å². The van der Waals surface area contributed by atoms with Crippen molar-refractivity contribution in [2.75, 3.05) is 5.75 Å². The van der Waals surface area contributed by atoms with Crippen LogP contribution >= 0.6 is 11.6 Å². The van der Waals surface area contributed by atoms with E-state index in [9.17, 15) is 18.5 Å². The lowest BCUT2D eigenvalue weighted by molar-refractivity contribution is -0.110. The van der Waals surface area contributed by atoms with E-state index in [1.165, 1.54) is 6.92 Å². The Morgan fingerprint density at radius 1 is 1.53 bits per heavy atom. The number of nitriles is 1. The summed E-state index contributed by atoms with van der Waals surface area (Å²) in [5.41, 5.74) is -0.859. The van der Waals surface area contributed by atoms with Gasteiger partial charge in [-0.25, -0.2) is 8.42 Å². The third-order valence-corrected chi connectivity index (χ3v) is 6.04. The third kappa shape index (κ3) is 2.05. The number of rotatable bonds is 4. The lowest BCUT2D eigenvalue weighted by Crippen LogP contribution is -2.17. The molecule has 100 valence electrons. The maximum absolute atomic E-state index is 12.0. The Bertz CT molecular complexity index is 665. The zero-order chi connectivity index (χ0) is 14.3. The van der Waals surface area contributed by atoms with Crippen LogP contribution in [0, 0.1) is 16.7 Å². The number of carbonyl (C=O) groups excluding carboxylic acids is 1. The van der Waals surface area contributed by atoms with E-state index < -0.39 is 26.4 Å². The summed E-state index contributed by atoms with van der Waals surface area (Å²) in [5, 5.41) is 8.69. The highest BCUT2D eigenvalue weighted by Crippen LogP contribution is 2.61. The van der Waals surface area contributed by atoms with Crippen LogP contribution in [0.1, 0.15) is 18.4 Å². The van der Waals surface area contributed by atoms with Gasteiger partial charge in [0.2, 0.25) is 0 Å². The average molecular weight is 298 g/mol. The van der Waals surface area contributed by atoms with Crippen molar-refractivity contribution in [3.8, 4) is 6.07 Å². The molecular formula is C13H12ClNO3S. The second kappa shape index (κ2) is 4.62. The lowest BCUT2D eigenvalue weighted by atomic mass is 10.0. The monoisotopic (exact) mass is 297 g/mol. The fourth-order valence-corrected chi connectivity index (χ4v) is 4.63. The van der Waals surface area contributed by atoms with Gasteiger partial charge in [-0.2, -0.15) is 5.26 Å². The van der Waals surface area contributed by atoms with Gasteiger partial charge in [-0.3, -0.25) is 0 Å². The Balaban J connectivity index is 2.52. The standard InChI is InChI=1S/C13H12ClNO3S/c1-2-19(17,18)12-11(13(12,7-15)8-16)9-4-3-5-10(14)6-9/h3-6,8,11-12H,2H2,1H3/t11-,12+,13+/m0/s1. The molecule has 2 rings (SSSR count). The first-order chi connectivity index (χ1) is 8.93. The summed E-state index contributed by atoms with van der Waals surface area (Å²) in [6.07, 6.45) is 0.455. The molecule has 0 saturated heterocycles. The van der Waals surface area contributed by atoms with Crippen LogP contribution in [0.3, 0.4) is 0 Å². The summed E-state index contributed by atoms with van der Waals surface area (Å²) in [6.45, 7) is 1.51. The molecule has 0 heterocycles. The second-order valence-electron chi connectivity index (χ2n) is 4.57. The molecule has 4 nitrogen and oxygen atoms in total. The molecule has 3 atom stereocenters. The molecule has 0 aromatic heterocycles. The van der Waals surface area contributed by atoms with Gasteiger partial charge >= 0.3 is 0 Å². The van der Waals surface area contributed by atoms with Crippen molar-refractivity contribution < 1.29 is 13.2 Å². The van der Waals surface area contributed by atoms with Gasteiger partial charge in [0.15, 0.2) is 9.84 Å². The summed E-state index contributed by atoms with van der Waals surface area (Å²) < 4.78 is 24.0. The quantitative estimate of drug-likeness (QED) is 0.796. The summed E-state index contributed by atoms with van der Waals surface area (Å²) >= 11 is 5.87. The van der Waals surface area contributed by atoms with Crippen molar-refractivity contribution in [1.82, 2.24) is 0 Å². The first-order valence-corrected chi connectivity index (χ1v) is 7.87. The van der Waals surface area contributed by atoms with Gasteiger partial charge in [0.05, 0.1) is 11.3 Å². The predicted octanol–water partition coefficient (Wildman–Crippen LogP) is 1.95. The predicted molar refractivity (Wildman–Crippen MR) is 71.6 cm³/mol. The Labute approximate surface area is 116 Å². The van der Waals surface area contributed by atoms with Crippen molar-refractivity contribution in [1.29, 1.82) is 5.26 Å². The summed E-state index contributed by atoms with van der Waals surface area (Å²) in [5.74, 6) is -0.718. The number of nitrogens with zero attached hydrogens (tertiary/aromatic N) is 1. The van der Waals surface area contributed by atoms with Crippen LogP contribution in [0.5, 0.6) is 0 Å². The topological polar surface area (TPSA) is 75.0 Å². The normalized spacial score (nSPS) is 29.5. The molecular weight excluding hydrogens is 286 g/mol. The zero-order valence-corrected chi connectivity index (χ0v) is 11.8. The number of hydrogen-bond acceptors (Lipinski definition) is 4. The lowest BCUT2D eigenvalue weighted by Gasteiger charge is -2.00. The molecule has 0 aliphatic heterocycles. The average Bonchev–Trinajstić information content (AvgIpc) is 3.09. The molecule has 0 spiro atoms. The highest BCUT2D eigenvalue weighted by atomic mass is 35.5. The first kappa shape index (κ1) is 14.0. The second-order valence-corrected chi connectivity index (χ2v) is 7.41. The molecule has 0 bridgehead atoms. The molecule has 19 heavy (non-hydrogen) atoms. The van der Waals surface area contributed by atoms with E-state index >= 15 is 0 Å². The number of aldehydes is 1. The van der Waals surface area contributed by atoms with Crippen molar-refractivity contribution in [3.63, 3.8) is 0 Å². The highest BCUT2D eigenvalue weighted by molar-refractivity contribution is 7.92. The number of benzene rings is 1. The summed E-state index contributed by atoms with van der Waals surface area (Å²) in [6, 6.07) is 8.50. The maximum atomic E-state index is 12.0. The minimum Gasteiger partial charge on any atom is -0.302 e. The molecule has 1 aromatic carbocycles. The number of carbonyl (C=O) groups is 1. The van der Waals surface area contributed by atoms with Gasteiger partial charge in [-0.1, -0.05) is 30.7 Å². The Hall–Kier alpha value is -1.38. The molecule has 1 aliphatic carbocycles. The zero-order valence-electron chi connectivity index (χ0n) is 10.2. The largest absolute Gasteiger partial charge is 0.302 e. The van der Waals surface area contributed by atoms with Crippen molar-refractivity contribution in [2.45, 2.75) is 18.1 Å². The van der Waals surface area contributed by atoms with Crippen LogP contribution in [0.15, 0.2) is 24.3 Å². The Morgan fingerprint density at radius 2 is 2.21 bits per heavy atom.